The molecular formula is C16H19NO4. The molecule has 21 heavy (non-hydrogen) atoms. The van der Waals surface area contributed by atoms with Crippen LogP contribution in [0.25, 0.3) is 0 Å². The van der Waals surface area contributed by atoms with E-state index in [4.69, 9.17) is 9.84 Å². The molecule has 0 aromatic heterocycles. The van der Waals surface area contributed by atoms with Crippen molar-refractivity contribution in [1.82, 2.24) is 4.90 Å². The van der Waals surface area contributed by atoms with E-state index in [1.165, 1.54) is 22.4 Å². The van der Waals surface area contributed by atoms with Crippen LogP contribution in [0.2, 0.25) is 0 Å². The Morgan fingerprint density at radius 1 is 1.24 bits per heavy atom. The summed E-state index contributed by atoms with van der Waals surface area (Å²) in [5, 5.41) is 9.09. The predicted molar refractivity (Wildman–Crippen MR) is 76.3 cm³/mol. The van der Waals surface area contributed by atoms with E-state index in [0.29, 0.717) is 18.7 Å². The van der Waals surface area contributed by atoms with Crippen molar-refractivity contribution < 1.29 is 19.4 Å². The third-order valence-corrected chi connectivity index (χ3v) is 4.29. The summed E-state index contributed by atoms with van der Waals surface area (Å²) in [6, 6.07) is 5.24. The van der Waals surface area contributed by atoms with E-state index >= 15 is 0 Å². The number of fused-ring (bicyclic) bond motifs is 1. The third-order valence-electron chi connectivity index (χ3n) is 4.29. The first-order valence-corrected chi connectivity index (χ1v) is 7.42. The summed E-state index contributed by atoms with van der Waals surface area (Å²) in [6.07, 6.45) is 4.61. The van der Waals surface area contributed by atoms with Gasteiger partial charge in [0, 0.05) is 6.54 Å². The molecule has 3 rings (SSSR count). The number of aliphatic carboxylic acids is 1. The number of rotatable bonds is 4. The van der Waals surface area contributed by atoms with Gasteiger partial charge >= 0.3 is 5.97 Å². The molecule has 0 saturated carbocycles. The zero-order valence-corrected chi connectivity index (χ0v) is 11.9. The molecule has 0 radical (unpaired) electrons. The second-order valence-corrected chi connectivity index (χ2v) is 5.66. The minimum Gasteiger partial charge on any atom is -0.484 e. The highest BCUT2D eigenvalue weighted by molar-refractivity contribution is 5.85. The zero-order valence-electron chi connectivity index (χ0n) is 11.9. The van der Waals surface area contributed by atoms with Crippen LogP contribution in [0.3, 0.4) is 0 Å². The maximum absolute atomic E-state index is 12.1. The molecule has 2 aliphatic rings. The number of aryl methyl sites for hydroxylation is 2. The molecule has 5 nitrogen and oxygen atoms in total. The molecule has 5 heteroatoms. The average molecular weight is 289 g/mol. The van der Waals surface area contributed by atoms with E-state index in [0.717, 1.165) is 19.3 Å². The Hall–Kier alpha value is -2.04. The number of amides is 1. The molecule has 112 valence electrons. The first kappa shape index (κ1) is 13.9. The van der Waals surface area contributed by atoms with E-state index < -0.39 is 12.0 Å². The van der Waals surface area contributed by atoms with Gasteiger partial charge in [-0.2, -0.15) is 0 Å². The smallest absolute Gasteiger partial charge is 0.326 e. The first-order chi connectivity index (χ1) is 10.1. The zero-order chi connectivity index (χ0) is 14.8. The summed E-state index contributed by atoms with van der Waals surface area (Å²) in [7, 11) is 0. The molecule has 1 aliphatic carbocycles. The van der Waals surface area contributed by atoms with Gasteiger partial charge in [-0.3, -0.25) is 4.79 Å². The Kier molecular flexibility index (Phi) is 3.82. The second-order valence-electron chi connectivity index (χ2n) is 5.66. The van der Waals surface area contributed by atoms with E-state index in [1.807, 2.05) is 12.1 Å². The van der Waals surface area contributed by atoms with Gasteiger partial charge in [0.1, 0.15) is 11.8 Å². The minimum atomic E-state index is -0.932. The average Bonchev–Trinajstić information content (AvgIpc) is 3.12. The highest BCUT2D eigenvalue weighted by Gasteiger charge is 2.33. The van der Waals surface area contributed by atoms with Crippen LogP contribution in [0.15, 0.2) is 18.2 Å². The standard InChI is InChI=1S/C16H19NO4/c18-15(17-8-2-5-14(17)16(19)20)10-21-13-7-6-11-3-1-4-12(11)9-13/h6-7,9,14H,1-5,8,10H2,(H,19,20)/t14-/m0/s1. The fourth-order valence-electron chi connectivity index (χ4n) is 3.19. The van der Waals surface area contributed by atoms with Crippen molar-refractivity contribution in [3.63, 3.8) is 0 Å². The van der Waals surface area contributed by atoms with Crippen LogP contribution >= 0.6 is 0 Å². The Labute approximate surface area is 123 Å². The number of likely N-dealkylation sites (tertiary alicyclic amines) is 1. The fraction of sp³-hybridized carbons (Fsp3) is 0.500. The Morgan fingerprint density at radius 3 is 2.86 bits per heavy atom. The highest BCUT2D eigenvalue weighted by atomic mass is 16.5. The molecule has 1 atom stereocenters. The van der Waals surface area contributed by atoms with Gasteiger partial charge in [0.2, 0.25) is 0 Å². The lowest BCUT2D eigenvalue weighted by Gasteiger charge is -2.21. The predicted octanol–water partition coefficient (Wildman–Crippen LogP) is 1.63. The summed E-state index contributed by atoms with van der Waals surface area (Å²) in [5.74, 6) is -0.492. The molecule has 1 fully saturated rings. The van der Waals surface area contributed by atoms with Crippen LogP contribution in [-0.2, 0) is 22.4 Å². The summed E-state index contributed by atoms with van der Waals surface area (Å²) in [4.78, 5) is 24.6. The van der Waals surface area contributed by atoms with Gasteiger partial charge in [0.05, 0.1) is 0 Å². The van der Waals surface area contributed by atoms with E-state index in [9.17, 15) is 9.59 Å². The van der Waals surface area contributed by atoms with Crippen molar-refractivity contribution >= 4 is 11.9 Å². The number of nitrogens with zero attached hydrogens (tertiary/aromatic N) is 1. The van der Waals surface area contributed by atoms with Crippen LogP contribution in [0.5, 0.6) is 5.75 Å². The maximum Gasteiger partial charge on any atom is 0.326 e. The quantitative estimate of drug-likeness (QED) is 0.915. The molecule has 1 saturated heterocycles. The van der Waals surface area contributed by atoms with E-state index in [1.54, 1.807) is 0 Å². The van der Waals surface area contributed by atoms with Crippen LogP contribution in [0, 0.1) is 0 Å². The molecule has 1 aliphatic heterocycles. The molecule has 0 spiro atoms. The van der Waals surface area contributed by atoms with Crippen molar-refractivity contribution in [2.24, 2.45) is 0 Å². The van der Waals surface area contributed by atoms with Crippen LogP contribution in [-0.4, -0.2) is 41.1 Å². The number of carboxylic acid groups (broad SMARTS) is 1. The third kappa shape index (κ3) is 2.86. The molecule has 0 unspecified atom stereocenters. The highest BCUT2D eigenvalue weighted by Crippen LogP contribution is 2.26. The van der Waals surface area contributed by atoms with Gasteiger partial charge in [-0.1, -0.05) is 6.07 Å². The van der Waals surface area contributed by atoms with Crippen LogP contribution in [0.1, 0.15) is 30.4 Å². The Bertz CT molecular complexity index is 569. The first-order valence-electron chi connectivity index (χ1n) is 7.42. The molecule has 1 heterocycles. The second kappa shape index (κ2) is 5.76. The number of carbonyl (C=O) groups excluding carboxylic acids is 1. The molecule has 1 amide bonds. The van der Waals surface area contributed by atoms with Crippen LogP contribution in [0.4, 0.5) is 0 Å². The van der Waals surface area contributed by atoms with Crippen LogP contribution < -0.4 is 4.74 Å². The van der Waals surface area contributed by atoms with Gasteiger partial charge in [-0.15, -0.1) is 0 Å². The molecule has 1 N–H and O–H groups in total. The molecule has 1 aromatic carbocycles. The Balaban J connectivity index is 1.60. The van der Waals surface area contributed by atoms with E-state index in [2.05, 4.69) is 6.07 Å². The fourth-order valence-corrected chi connectivity index (χ4v) is 3.19. The number of carbonyl (C=O) groups is 2. The van der Waals surface area contributed by atoms with Crippen molar-refractivity contribution in [2.45, 2.75) is 38.1 Å². The SMILES string of the molecule is O=C(O)[C@@H]1CCCN1C(=O)COc1ccc2c(c1)CCC2. The molecule has 0 bridgehead atoms. The normalized spacial score (nSPS) is 20.4. The monoisotopic (exact) mass is 289 g/mol. The van der Waals surface area contributed by atoms with E-state index in [-0.39, 0.29) is 12.5 Å². The minimum absolute atomic E-state index is 0.0947. The van der Waals surface area contributed by atoms with Gasteiger partial charge in [0.25, 0.3) is 5.91 Å². The van der Waals surface area contributed by atoms with Crippen molar-refractivity contribution in [3.8, 4) is 5.75 Å². The van der Waals surface area contributed by atoms with Gasteiger partial charge in [-0.25, -0.2) is 4.79 Å². The number of benzene rings is 1. The van der Waals surface area contributed by atoms with Gasteiger partial charge in [-0.05, 0) is 55.4 Å². The summed E-state index contributed by atoms with van der Waals surface area (Å²) in [6.45, 7) is 0.409. The lowest BCUT2D eigenvalue weighted by Crippen LogP contribution is -2.42. The van der Waals surface area contributed by atoms with Gasteiger partial charge in [0.15, 0.2) is 6.61 Å². The number of carboxylic acids is 1. The summed E-state index contributed by atoms with van der Waals surface area (Å²) >= 11 is 0. The number of hydrogen-bond donors (Lipinski definition) is 1. The summed E-state index contributed by atoms with van der Waals surface area (Å²) in [5.41, 5.74) is 2.66. The number of hydrogen-bond acceptors (Lipinski definition) is 3. The number of ether oxygens (including phenoxy) is 1. The molecular weight excluding hydrogens is 270 g/mol. The lowest BCUT2D eigenvalue weighted by atomic mass is 10.1. The Morgan fingerprint density at radius 2 is 2.05 bits per heavy atom. The largest absolute Gasteiger partial charge is 0.484 e. The summed E-state index contributed by atoms with van der Waals surface area (Å²) < 4.78 is 5.55. The lowest BCUT2D eigenvalue weighted by molar-refractivity contribution is -0.148. The van der Waals surface area contributed by atoms with Crippen molar-refractivity contribution in [2.75, 3.05) is 13.2 Å². The van der Waals surface area contributed by atoms with Crippen molar-refractivity contribution in [1.29, 1.82) is 0 Å². The van der Waals surface area contributed by atoms with Gasteiger partial charge < -0.3 is 14.7 Å². The molecule has 1 aromatic rings. The van der Waals surface area contributed by atoms with Crippen molar-refractivity contribution in [3.05, 3.63) is 29.3 Å². The maximum atomic E-state index is 12.1. The topological polar surface area (TPSA) is 66.8 Å².